The van der Waals surface area contributed by atoms with Crippen LogP contribution in [0.25, 0.3) is 0 Å². The summed E-state index contributed by atoms with van der Waals surface area (Å²) in [6, 6.07) is 3.06. The lowest BCUT2D eigenvalue weighted by atomic mass is 10.2. The van der Waals surface area contributed by atoms with Gasteiger partial charge in [0.2, 0.25) is 11.8 Å². The Kier molecular flexibility index (Phi) is 2.71. The molecule has 1 aromatic rings. The quantitative estimate of drug-likeness (QED) is 0.658. The van der Waals surface area contributed by atoms with Crippen molar-refractivity contribution in [3.63, 3.8) is 0 Å². The number of nitrogens with one attached hydrogen (secondary N) is 1. The minimum Gasteiger partial charge on any atom is -0.396 e. The second-order valence-corrected chi connectivity index (χ2v) is 4.08. The van der Waals surface area contributed by atoms with Crippen LogP contribution >= 0.6 is 0 Å². The van der Waals surface area contributed by atoms with Crippen molar-refractivity contribution in [2.45, 2.75) is 19.9 Å². The van der Waals surface area contributed by atoms with Gasteiger partial charge in [-0.25, -0.2) is 4.98 Å². The van der Waals surface area contributed by atoms with Crippen molar-refractivity contribution in [2.75, 3.05) is 17.2 Å². The molecule has 1 atom stereocenters. The number of nitrogens with zero attached hydrogens (tertiary/aromatic N) is 2. The van der Waals surface area contributed by atoms with Gasteiger partial charge >= 0.3 is 0 Å². The Bertz CT molecular complexity index is 486. The maximum absolute atomic E-state index is 11.5. The van der Waals surface area contributed by atoms with Gasteiger partial charge in [-0.1, -0.05) is 0 Å². The summed E-state index contributed by atoms with van der Waals surface area (Å²) >= 11 is 0. The van der Waals surface area contributed by atoms with Gasteiger partial charge in [-0.3, -0.25) is 14.9 Å². The van der Waals surface area contributed by atoms with Gasteiger partial charge in [0, 0.05) is 5.69 Å². The molecule has 0 bridgehead atoms. The maximum Gasteiger partial charge on any atom is 0.249 e. The van der Waals surface area contributed by atoms with Crippen LogP contribution in [0.1, 0.15) is 12.6 Å². The molecule has 1 aliphatic rings. The average Bonchev–Trinajstić information content (AvgIpc) is 2.27. The summed E-state index contributed by atoms with van der Waals surface area (Å²) in [6.07, 6.45) is 0. The third-order valence-corrected chi connectivity index (χ3v) is 2.74. The van der Waals surface area contributed by atoms with Crippen LogP contribution in [-0.2, 0) is 9.59 Å². The maximum atomic E-state index is 11.5. The number of amides is 2. The highest BCUT2D eigenvalue weighted by Crippen LogP contribution is 2.23. The smallest absolute Gasteiger partial charge is 0.249 e. The van der Waals surface area contributed by atoms with Gasteiger partial charge in [-0.15, -0.1) is 0 Å². The van der Waals surface area contributed by atoms with E-state index in [0.29, 0.717) is 11.5 Å². The standard InChI is InChI=1S/C11H14N4O2/c1-6-3-4-8(12)10(13-6)15-5-9(16)14-11(17)7(15)2/h3-4,7H,5,12H2,1-2H3,(H,14,16,17). The van der Waals surface area contributed by atoms with Crippen molar-refractivity contribution in [3.8, 4) is 0 Å². The van der Waals surface area contributed by atoms with E-state index in [9.17, 15) is 9.59 Å². The molecule has 1 aliphatic heterocycles. The average molecular weight is 234 g/mol. The van der Waals surface area contributed by atoms with E-state index >= 15 is 0 Å². The molecule has 0 aromatic carbocycles. The van der Waals surface area contributed by atoms with Gasteiger partial charge in [0.15, 0.2) is 5.82 Å². The number of piperazine rings is 1. The van der Waals surface area contributed by atoms with E-state index < -0.39 is 6.04 Å². The molecule has 90 valence electrons. The number of carbonyl (C=O) groups is 2. The third-order valence-electron chi connectivity index (χ3n) is 2.74. The molecule has 3 N–H and O–H groups in total. The van der Waals surface area contributed by atoms with Crippen LogP contribution in [0.4, 0.5) is 11.5 Å². The van der Waals surface area contributed by atoms with Crippen LogP contribution in [-0.4, -0.2) is 29.4 Å². The molecule has 0 spiro atoms. The minimum absolute atomic E-state index is 0.0908. The summed E-state index contributed by atoms with van der Waals surface area (Å²) in [4.78, 5) is 28.8. The van der Waals surface area contributed by atoms with Crippen LogP contribution in [0.5, 0.6) is 0 Å². The first kappa shape index (κ1) is 11.4. The number of pyridine rings is 1. The summed E-state index contributed by atoms with van der Waals surface area (Å²) < 4.78 is 0. The number of hydrogen-bond donors (Lipinski definition) is 2. The monoisotopic (exact) mass is 234 g/mol. The molecule has 1 fully saturated rings. The molecule has 0 aliphatic carbocycles. The molecule has 6 heteroatoms. The molecule has 6 nitrogen and oxygen atoms in total. The predicted octanol–water partition coefficient (Wildman–Crippen LogP) is -0.176. The van der Waals surface area contributed by atoms with E-state index in [4.69, 9.17) is 5.73 Å². The zero-order valence-electron chi connectivity index (χ0n) is 9.73. The van der Waals surface area contributed by atoms with Crippen molar-refractivity contribution in [2.24, 2.45) is 0 Å². The fourth-order valence-corrected chi connectivity index (χ4v) is 1.76. The van der Waals surface area contributed by atoms with Crippen molar-refractivity contribution < 1.29 is 9.59 Å². The van der Waals surface area contributed by atoms with Gasteiger partial charge in [-0.2, -0.15) is 0 Å². The fraction of sp³-hybridized carbons (Fsp3) is 0.364. The number of aryl methyl sites for hydroxylation is 1. The number of nitrogens with two attached hydrogens (primary N) is 1. The van der Waals surface area contributed by atoms with Crippen LogP contribution < -0.4 is 16.0 Å². The fourth-order valence-electron chi connectivity index (χ4n) is 1.76. The molecule has 0 saturated carbocycles. The number of nitrogen functional groups attached to an aromatic ring is 1. The Hall–Kier alpha value is -2.11. The van der Waals surface area contributed by atoms with Gasteiger partial charge in [0.05, 0.1) is 12.2 Å². The van der Waals surface area contributed by atoms with Crippen LogP contribution in [0.2, 0.25) is 0 Å². The van der Waals surface area contributed by atoms with Crippen LogP contribution in [0.15, 0.2) is 12.1 Å². The first-order valence-electron chi connectivity index (χ1n) is 5.32. The normalized spacial score (nSPS) is 20.4. The number of aromatic nitrogens is 1. The number of hydrogen-bond acceptors (Lipinski definition) is 5. The molecular weight excluding hydrogens is 220 g/mol. The Labute approximate surface area is 98.8 Å². The molecule has 1 aromatic heterocycles. The summed E-state index contributed by atoms with van der Waals surface area (Å²) in [6.45, 7) is 3.64. The highest BCUT2D eigenvalue weighted by molar-refractivity contribution is 6.04. The summed E-state index contributed by atoms with van der Waals surface area (Å²) in [7, 11) is 0. The van der Waals surface area contributed by atoms with E-state index in [2.05, 4.69) is 10.3 Å². The lowest BCUT2D eigenvalue weighted by Crippen LogP contribution is -2.57. The lowest BCUT2D eigenvalue weighted by molar-refractivity contribution is -0.132. The largest absolute Gasteiger partial charge is 0.396 e. The summed E-state index contributed by atoms with van der Waals surface area (Å²) in [5.41, 5.74) is 7.08. The Morgan fingerprint density at radius 2 is 2.18 bits per heavy atom. The zero-order chi connectivity index (χ0) is 12.6. The molecule has 2 heterocycles. The topological polar surface area (TPSA) is 88.3 Å². The van der Waals surface area contributed by atoms with Crippen molar-refractivity contribution in [1.29, 1.82) is 0 Å². The highest BCUT2D eigenvalue weighted by atomic mass is 16.2. The van der Waals surface area contributed by atoms with Gasteiger partial charge < -0.3 is 10.6 Å². The van der Waals surface area contributed by atoms with Gasteiger partial charge in [0.1, 0.15) is 6.04 Å². The highest BCUT2D eigenvalue weighted by Gasteiger charge is 2.32. The SMILES string of the molecule is Cc1ccc(N)c(N2CC(=O)NC(=O)C2C)n1. The second kappa shape index (κ2) is 4.04. The molecule has 1 saturated heterocycles. The minimum atomic E-state index is -0.454. The van der Waals surface area contributed by atoms with Crippen molar-refractivity contribution in [3.05, 3.63) is 17.8 Å². The lowest BCUT2D eigenvalue weighted by Gasteiger charge is -2.33. The van der Waals surface area contributed by atoms with E-state index in [0.717, 1.165) is 5.69 Å². The van der Waals surface area contributed by atoms with E-state index in [1.54, 1.807) is 24.0 Å². The number of carbonyl (C=O) groups excluding carboxylic acids is 2. The van der Waals surface area contributed by atoms with Gasteiger partial charge in [-0.05, 0) is 26.0 Å². The van der Waals surface area contributed by atoms with Crippen molar-refractivity contribution >= 4 is 23.3 Å². The Morgan fingerprint density at radius 1 is 1.47 bits per heavy atom. The van der Waals surface area contributed by atoms with Crippen molar-refractivity contribution in [1.82, 2.24) is 10.3 Å². The zero-order valence-corrected chi connectivity index (χ0v) is 9.73. The molecule has 17 heavy (non-hydrogen) atoms. The molecule has 2 amide bonds. The number of anilines is 2. The Balaban J connectivity index is 2.40. The molecule has 0 radical (unpaired) electrons. The number of imide groups is 1. The first-order valence-corrected chi connectivity index (χ1v) is 5.32. The molecule has 2 rings (SSSR count). The Morgan fingerprint density at radius 3 is 2.88 bits per heavy atom. The second-order valence-electron chi connectivity index (χ2n) is 4.08. The summed E-state index contributed by atoms with van der Waals surface area (Å²) in [5.74, 6) is -0.180. The number of rotatable bonds is 1. The predicted molar refractivity (Wildman–Crippen MR) is 63.3 cm³/mol. The van der Waals surface area contributed by atoms with Crippen LogP contribution in [0, 0.1) is 6.92 Å². The summed E-state index contributed by atoms with van der Waals surface area (Å²) in [5, 5.41) is 2.27. The third kappa shape index (κ3) is 2.06. The van der Waals surface area contributed by atoms with E-state index in [-0.39, 0.29) is 18.4 Å². The van der Waals surface area contributed by atoms with E-state index in [1.807, 2.05) is 6.92 Å². The first-order chi connectivity index (χ1) is 7.99. The van der Waals surface area contributed by atoms with Gasteiger partial charge in [0.25, 0.3) is 0 Å². The van der Waals surface area contributed by atoms with Crippen LogP contribution in [0.3, 0.4) is 0 Å². The molecular formula is C11H14N4O2. The van der Waals surface area contributed by atoms with E-state index in [1.165, 1.54) is 0 Å². The molecule has 1 unspecified atom stereocenters.